The van der Waals surface area contributed by atoms with Crippen LogP contribution in [0.4, 0.5) is 9.59 Å². The van der Waals surface area contributed by atoms with Crippen molar-refractivity contribution in [1.82, 2.24) is 29.7 Å². The quantitative estimate of drug-likeness (QED) is 0.151. The first-order valence-electron chi connectivity index (χ1n) is 18.0. The number of likely N-dealkylation sites (tertiary alicyclic amines) is 2. The summed E-state index contributed by atoms with van der Waals surface area (Å²) >= 11 is 0. The second-order valence-corrected chi connectivity index (χ2v) is 15.8. The maximum Gasteiger partial charge on any atom is 0.410 e. The van der Waals surface area contributed by atoms with Crippen molar-refractivity contribution in [3.05, 3.63) is 95.1 Å². The molecule has 0 spiro atoms. The van der Waals surface area contributed by atoms with E-state index in [0.717, 1.165) is 38.8 Å². The minimum absolute atomic E-state index is 0.170. The Balaban J connectivity index is 1.08. The molecule has 0 radical (unpaired) electrons. The molecular weight excluding hydrogens is 672 g/mol. The molecule has 2 amide bonds. The zero-order valence-electron chi connectivity index (χ0n) is 31.0. The number of nitrogens with one attached hydrogen (secondary N) is 2. The Kier molecular flexibility index (Phi) is 9.65. The first kappa shape index (κ1) is 36.0. The van der Waals surface area contributed by atoms with Gasteiger partial charge in [-0.15, -0.1) is 0 Å². The van der Waals surface area contributed by atoms with Gasteiger partial charge in [0, 0.05) is 24.0 Å². The number of benzene rings is 3. The summed E-state index contributed by atoms with van der Waals surface area (Å²) in [7, 11) is 0. The van der Waals surface area contributed by atoms with E-state index >= 15 is 0 Å². The van der Waals surface area contributed by atoms with E-state index in [1.165, 1.54) is 4.90 Å². The number of H-pyrrole nitrogens is 2. The number of nitrogens with zero attached hydrogens (tertiary/aromatic N) is 4. The van der Waals surface area contributed by atoms with E-state index in [1.807, 2.05) is 108 Å². The Labute approximate surface area is 308 Å². The molecule has 2 aliphatic rings. The number of amides is 2. The minimum atomic E-state index is -0.996. The van der Waals surface area contributed by atoms with Gasteiger partial charge in [-0.2, -0.15) is 0 Å². The van der Waals surface area contributed by atoms with Crippen molar-refractivity contribution in [2.75, 3.05) is 13.1 Å². The average molecular weight is 719 g/mol. The lowest BCUT2D eigenvalue weighted by Crippen LogP contribution is -2.34. The second-order valence-electron chi connectivity index (χ2n) is 15.8. The van der Waals surface area contributed by atoms with E-state index in [2.05, 4.69) is 21.8 Å². The summed E-state index contributed by atoms with van der Waals surface area (Å²) in [4.78, 5) is 45.0. The van der Waals surface area contributed by atoms with Gasteiger partial charge in [-0.1, -0.05) is 42.2 Å². The normalized spacial score (nSPS) is 20.6. The number of hydrogen-bond acceptors (Lipinski definition) is 7. The van der Waals surface area contributed by atoms with Crippen molar-refractivity contribution in [2.45, 2.75) is 96.5 Å². The molecule has 0 saturated carbocycles. The topological polar surface area (TPSA) is 146 Å². The monoisotopic (exact) mass is 718 g/mol. The summed E-state index contributed by atoms with van der Waals surface area (Å²) in [6.45, 7) is 12.8. The van der Waals surface area contributed by atoms with E-state index in [-0.39, 0.29) is 36.1 Å². The van der Waals surface area contributed by atoms with E-state index in [9.17, 15) is 14.7 Å². The molecule has 12 nitrogen and oxygen atoms in total. The van der Waals surface area contributed by atoms with Gasteiger partial charge in [-0.05, 0) is 83.5 Å². The van der Waals surface area contributed by atoms with Gasteiger partial charge in [0.1, 0.15) is 18.3 Å². The molecule has 3 aromatic carbocycles. The number of imidazole rings is 2. The summed E-state index contributed by atoms with van der Waals surface area (Å²) < 4.78 is 18.1. The maximum atomic E-state index is 13.4. The SMILES string of the molecule is CC(C)(C)O[C@@H]1C[C@@H](c2nc3ccc(C#Cc4ccc5nc([C@@H]6C[C@@H](OC(C)(C)C)CN6C(=O)OCc6ccccc6)[nH]c5c4)cc3[nH]2)N(C(=O)O)C1. The van der Waals surface area contributed by atoms with Crippen molar-refractivity contribution < 1.29 is 28.9 Å². The van der Waals surface area contributed by atoms with Crippen LogP contribution in [0.3, 0.4) is 0 Å². The molecule has 12 heteroatoms. The summed E-state index contributed by atoms with van der Waals surface area (Å²) in [5, 5.41) is 9.90. The zero-order valence-corrected chi connectivity index (χ0v) is 31.0. The number of ether oxygens (including phenoxy) is 3. The highest BCUT2D eigenvalue weighted by Crippen LogP contribution is 2.37. The van der Waals surface area contributed by atoms with Gasteiger partial charge < -0.3 is 29.3 Å². The third kappa shape index (κ3) is 8.48. The molecule has 2 saturated heterocycles. The van der Waals surface area contributed by atoms with E-state index in [1.54, 1.807) is 4.90 Å². The zero-order chi connectivity index (χ0) is 37.5. The fourth-order valence-electron chi connectivity index (χ4n) is 7.17. The number of aromatic amines is 2. The highest BCUT2D eigenvalue weighted by molar-refractivity contribution is 5.79. The van der Waals surface area contributed by atoms with Gasteiger partial charge in [0.25, 0.3) is 0 Å². The predicted octanol–water partition coefficient (Wildman–Crippen LogP) is 7.71. The average Bonchev–Trinajstić information content (AvgIpc) is 3.89. The number of carbonyl (C=O) groups is 2. The number of carboxylic acid groups (broad SMARTS) is 1. The number of hydrogen-bond donors (Lipinski definition) is 3. The fraction of sp³-hybridized carbons (Fsp3) is 0.415. The minimum Gasteiger partial charge on any atom is -0.465 e. The lowest BCUT2D eigenvalue weighted by Gasteiger charge is -2.25. The molecule has 0 bridgehead atoms. The predicted molar refractivity (Wildman–Crippen MR) is 200 cm³/mol. The summed E-state index contributed by atoms with van der Waals surface area (Å²) in [5.74, 6) is 7.77. The second kappa shape index (κ2) is 14.2. The molecule has 2 fully saturated rings. The Morgan fingerprint density at radius 2 is 1.25 bits per heavy atom. The Morgan fingerprint density at radius 3 is 1.74 bits per heavy atom. The van der Waals surface area contributed by atoms with Crippen molar-refractivity contribution in [3.8, 4) is 11.8 Å². The molecule has 5 aromatic rings. The number of aromatic nitrogens is 4. The van der Waals surface area contributed by atoms with Crippen molar-refractivity contribution in [2.24, 2.45) is 0 Å². The van der Waals surface area contributed by atoms with Crippen LogP contribution in [0.2, 0.25) is 0 Å². The number of fused-ring (bicyclic) bond motifs is 2. The molecule has 0 aliphatic carbocycles. The molecule has 0 unspecified atom stereocenters. The largest absolute Gasteiger partial charge is 0.465 e. The molecule has 2 aliphatic heterocycles. The Morgan fingerprint density at radius 1 is 0.755 bits per heavy atom. The molecule has 53 heavy (non-hydrogen) atoms. The van der Waals surface area contributed by atoms with Crippen LogP contribution in [0.25, 0.3) is 22.1 Å². The van der Waals surface area contributed by atoms with Gasteiger partial charge in [0.2, 0.25) is 0 Å². The molecular formula is C41H46N6O6. The molecule has 276 valence electrons. The third-order valence-electron chi connectivity index (χ3n) is 9.23. The first-order chi connectivity index (χ1) is 25.2. The van der Waals surface area contributed by atoms with Crippen molar-refractivity contribution >= 4 is 34.3 Å². The molecule has 4 heterocycles. The van der Waals surface area contributed by atoms with Gasteiger partial charge >= 0.3 is 12.2 Å². The Hall–Kier alpha value is -5.38. The third-order valence-corrected chi connectivity index (χ3v) is 9.23. The molecule has 3 N–H and O–H groups in total. The van der Waals surface area contributed by atoms with Gasteiger partial charge in [0.05, 0.1) is 70.7 Å². The van der Waals surface area contributed by atoms with Gasteiger partial charge in [0.15, 0.2) is 0 Å². The molecule has 7 rings (SSSR count). The highest BCUT2D eigenvalue weighted by Gasteiger charge is 2.42. The first-order valence-corrected chi connectivity index (χ1v) is 18.0. The van der Waals surface area contributed by atoms with Crippen LogP contribution in [0.5, 0.6) is 0 Å². The van der Waals surface area contributed by atoms with Crippen LogP contribution in [0.15, 0.2) is 66.7 Å². The van der Waals surface area contributed by atoms with Crippen LogP contribution in [-0.4, -0.2) is 83.5 Å². The summed E-state index contributed by atoms with van der Waals surface area (Å²) in [6.07, 6.45) is -0.682. The van der Waals surface area contributed by atoms with Gasteiger partial charge in [-0.3, -0.25) is 9.80 Å². The van der Waals surface area contributed by atoms with E-state index in [4.69, 9.17) is 24.2 Å². The summed E-state index contributed by atoms with van der Waals surface area (Å²) in [5.41, 5.74) is 4.86. The standard InChI is InChI=1S/C41H46N6O6/c1-40(2,3)52-28-20-34(46(22-28)38(48)49)36-42-30-16-14-25(18-32(30)44-36)12-13-26-15-17-31-33(19-26)45-37(43-31)35-21-29(53-41(4,5)6)23-47(35)39(50)51-24-27-10-8-7-9-11-27/h7-11,14-19,28-29,34-35H,20-24H2,1-6H3,(H,42,44)(H,43,45)(H,48,49)/t28-,29-,34+,35+/m1/s1. The van der Waals surface area contributed by atoms with Crippen molar-refractivity contribution in [1.29, 1.82) is 0 Å². The van der Waals surface area contributed by atoms with Crippen LogP contribution in [0.1, 0.15) is 94.8 Å². The molecule has 2 aromatic heterocycles. The lowest BCUT2D eigenvalue weighted by molar-refractivity contribution is -0.0541. The summed E-state index contributed by atoms with van der Waals surface area (Å²) in [6, 6.07) is 20.4. The van der Waals surface area contributed by atoms with Crippen LogP contribution in [0, 0.1) is 11.8 Å². The van der Waals surface area contributed by atoms with E-state index < -0.39 is 18.2 Å². The number of rotatable bonds is 6. The fourth-order valence-corrected chi connectivity index (χ4v) is 7.17. The lowest BCUT2D eigenvalue weighted by atomic mass is 10.1. The van der Waals surface area contributed by atoms with Crippen molar-refractivity contribution in [3.63, 3.8) is 0 Å². The van der Waals surface area contributed by atoms with Gasteiger partial charge in [-0.25, -0.2) is 19.6 Å². The highest BCUT2D eigenvalue weighted by atomic mass is 16.6. The van der Waals surface area contributed by atoms with Crippen LogP contribution < -0.4 is 0 Å². The number of carbonyl (C=O) groups excluding carboxylic acids is 1. The van der Waals surface area contributed by atoms with Crippen LogP contribution in [-0.2, 0) is 20.8 Å². The molecule has 4 atom stereocenters. The Bertz CT molecular complexity index is 2190. The smallest absolute Gasteiger partial charge is 0.410 e. The van der Waals surface area contributed by atoms with Crippen LogP contribution >= 0.6 is 0 Å². The maximum absolute atomic E-state index is 13.4. The van der Waals surface area contributed by atoms with E-state index in [0.29, 0.717) is 37.6 Å².